The molecule has 7 heteroatoms. The standard InChI is InChI=1S/C6H15N5OS/c1-11(10-8)13-5-3-2-4-9-6(7)12/h8H,2-5H2,1H3,(H3,7,9,12). The molecule has 76 valence electrons. The van der Waals surface area contributed by atoms with Gasteiger partial charge in [-0.05, 0) is 24.8 Å². The Hall–Kier alpha value is -0.980. The van der Waals surface area contributed by atoms with E-state index in [1.165, 1.54) is 16.4 Å². The molecule has 4 N–H and O–H groups in total. The smallest absolute Gasteiger partial charge is 0.312 e. The van der Waals surface area contributed by atoms with Crippen LogP contribution in [0.5, 0.6) is 0 Å². The van der Waals surface area contributed by atoms with Gasteiger partial charge in [-0.3, -0.25) is 0 Å². The van der Waals surface area contributed by atoms with Crippen LogP contribution in [0.25, 0.3) is 0 Å². The van der Waals surface area contributed by atoms with Crippen molar-refractivity contribution in [3.05, 3.63) is 0 Å². The number of primary amides is 1. The van der Waals surface area contributed by atoms with Crippen LogP contribution in [-0.2, 0) is 0 Å². The van der Waals surface area contributed by atoms with Crippen molar-refractivity contribution in [1.29, 1.82) is 5.53 Å². The fourth-order valence-electron chi connectivity index (χ4n) is 0.664. The number of nitrogens with one attached hydrogen (secondary N) is 2. The van der Waals surface area contributed by atoms with Gasteiger partial charge in [0.25, 0.3) is 0 Å². The van der Waals surface area contributed by atoms with Crippen molar-refractivity contribution in [2.75, 3.05) is 19.3 Å². The third-order valence-electron chi connectivity index (χ3n) is 1.29. The first-order valence-electron chi connectivity index (χ1n) is 3.94. The van der Waals surface area contributed by atoms with E-state index in [1.807, 2.05) is 0 Å². The summed E-state index contributed by atoms with van der Waals surface area (Å²) >= 11 is 1.47. The number of nitrogens with zero attached hydrogens (tertiary/aromatic N) is 2. The van der Waals surface area contributed by atoms with E-state index < -0.39 is 6.03 Å². The first-order chi connectivity index (χ1) is 6.16. The first kappa shape index (κ1) is 12.0. The lowest BCUT2D eigenvalue weighted by molar-refractivity contribution is 0.249. The number of hydrogen-bond acceptors (Lipinski definition) is 4. The number of urea groups is 1. The molecule has 0 saturated carbocycles. The van der Waals surface area contributed by atoms with E-state index in [2.05, 4.69) is 10.5 Å². The molecule has 0 unspecified atom stereocenters. The molecular formula is C6H15N5OS. The summed E-state index contributed by atoms with van der Waals surface area (Å²) in [4.78, 5) is 10.2. The second kappa shape index (κ2) is 7.66. The molecule has 0 aromatic rings. The number of amides is 2. The third kappa shape index (κ3) is 8.93. The van der Waals surface area contributed by atoms with Crippen LogP contribution in [0, 0.1) is 5.53 Å². The SMILES string of the molecule is CN(N=N)SCCCCNC(N)=O. The average molecular weight is 205 g/mol. The minimum absolute atomic E-state index is 0.481. The van der Waals surface area contributed by atoms with Gasteiger partial charge in [-0.2, -0.15) is 5.53 Å². The Labute approximate surface area is 81.8 Å². The molecule has 2 amide bonds. The van der Waals surface area contributed by atoms with Crippen LogP contribution in [0.2, 0.25) is 0 Å². The Balaban J connectivity index is 3.08. The lowest BCUT2D eigenvalue weighted by atomic mass is 10.3. The highest BCUT2D eigenvalue weighted by Crippen LogP contribution is 2.08. The predicted molar refractivity (Wildman–Crippen MR) is 52.2 cm³/mol. The van der Waals surface area contributed by atoms with Crippen LogP contribution in [0.15, 0.2) is 5.22 Å². The van der Waals surface area contributed by atoms with Crippen molar-refractivity contribution in [1.82, 2.24) is 9.73 Å². The van der Waals surface area contributed by atoms with Gasteiger partial charge in [0, 0.05) is 19.3 Å². The number of unbranched alkanes of at least 4 members (excludes halogenated alkanes) is 1. The fourth-order valence-corrected chi connectivity index (χ4v) is 1.32. The molecule has 0 bridgehead atoms. The van der Waals surface area contributed by atoms with Gasteiger partial charge >= 0.3 is 6.03 Å². The van der Waals surface area contributed by atoms with Crippen molar-refractivity contribution >= 4 is 18.0 Å². The van der Waals surface area contributed by atoms with Crippen LogP contribution < -0.4 is 11.1 Å². The topological polar surface area (TPSA) is 94.6 Å². The van der Waals surface area contributed by atoms with Crippen LogP contribution in [0.4, 0.5) is 4.79 Å². The van der Waals surface area contributed by atoms with Crippen molar-refractivity contribution in [3.63, 3.8) is 0 Å². The van der Waals surface area contributed by atoms with E-state index in [0.717, 1.165) is 18.6 Å². The van der Waals surface area contributed by atoms with Crippen molar-refractivity contribution in [2.45, 2.75) is 12.8 Å². The summed E-state index contributed by atoms with van der Waals surface area (Å²) in [6.45, 7) is 0.609. The molecule has 0 aliphatic heterocycles. The van der Waals surface area contributed by atoms with Gasteiger partial charge < -0.3 is 11.1 Å². The molecule has 0 aliphatic rings. The molecule has 0 fully saturated rings. The number of rotatable bonds is 7. The zero-order chi connectivity index (χ0) is 10.1. The molecule has 0 heterocycles. The maximum absolute atomic E-state index is 10.2. The van der Waals surface area contributed by atoms with Gasteiger partial charge in [0.2, 0.25) is 0 Å². The van der Waals surface area contributed by atoms with Gasteiger partial charge in [0.1, 0.15) is 0 Å². The monoisotopic (exact) mass is 205 g/mol. The normalized spacial score (nSPS) is 9.31. The Morgan fingerprint density at radius 3 is 2.92 bits per heavy atom. The lowest BCUT2D eigenvalue weighted by Crippen LogP contribution is -2.30. The Kier molecular flexibility index (Phi) is 7.08. The van der Waals surface area contributed by atoms with Crippen LogP contribution in [0.1, 0.15) is 12.8 Å². The molecule has 6 nitrogen and oxygen atoms in total. The molecular weight excluding hydrogens is 190 g/mol. The lowest BCUT2D eigenvalue weighted by Gasteiger charge is -2.07. The van der Waals surface area contributed by atoms with Gasteiger partial charge in [0.05, 0.1) is 0 Å². The van der Waals surface area contributed by atoms with E-state index in [0.29, 0.717) is 6.54 Å². The largest absolute Gasteiger partial charge is 0.352 e. The second-order valence-corrected chi connectivity index (χ2v) is 3.59. The van der Waals surface area contributed by atoms with Crippen molar-refractivity contribution in [3.8, 4) is 0 Å². The molecule has 0 spiro atoms. The quantitative estimate of drug-likeness (QED) is 0.250. The highest BCUT2D eigenvalue weighted by Gasteiger charge is 1.95. The van der Waals surface area contributed by atoms with E-state index in [-0.39, 0.29) is 0 Å². The summed E-state index contributed by atoms with van der Waals surface area (Å²) in [5.74, 6) is 0.888. The molecule has 0 radical (unpaired) electrons. The van der Waals surface area contributed by atoms with Gasteiger partial charge in [0.15, 0.2) is 0 Å². The summed E-state index contributed by atoms with van der Waals surface area (Å²) in [7, 11) is 1.72. The second-order valence-electron chi connectivity index (χ2n) is 2.40. The number of nitrogens with two attached hydrogens (primary N) is 1. The third-order valence-corrected chi connectivity index (χ3v) is 2.22. The maximum Gasteiger partial charge on any atom is 0.312 e. The molecule has 0 saturated heterocycles. The molecule has 0 aliphatic carbocycles. The van der Waals surface area contributed by atoms with E-state index in [4.69, 9.17) is 11.3 Å². The summed E-state index contributed by atoms with van der Waals surface area (Å²) in [6.07, 6.45) is 1.85. The molecule has 0 atom stereocenters. The average Bonchev–Trinajstić information content (AvgIpc) is 2.10. The summed E-state index contributed by atoms with van der Waals surface area (Å²) < 4.78 is 1.49. The number of carbonyl (C=O) groups is 1. The van der Waals surface area contributed by atoms with Gasteiger partial charge in [-0.1, -0.05) is 5.22 Å². The first-order valence-corrected chi connectivity index (χ1v) is 4.88. The molecule has 0 aromatic heterocycles. The van der Waals surface area contributed by atoms with E-state index in [1.54, 1.807) is 7.05 Å². The fraction of sp³-hybridized carbons (Fsp3) is 0.833. The molecule has 0 aromatic carbocycles. The highest BCUT2D eigenvalue weighted by atomic mass is 32.2. The molecule has 13 heavy (non-hydrogen) atoms. The minimum Gasteiger partial charge on any atom is -0.352 e. The van der Waals surface area contributed by atoms with Gasteiger partial charge in [-0.15, -0.1) is 0 Å². The minimum atomic E-state index is -0.481. The van der Waals surface area contributed by atoms with Crippen LogP contribution >= 0.6 is 11.9 Å². The summed E-state index contributed by atoms with van der Waals surface area (Å²) in [5, 5.41) is 5.69. The number of hydrogen-bond donors (Lipinski definition) is 3. The summed E-state index contributed by atoms with van der Waals surface area (Å²) in [6, 6.07) is -0.481. The highest BCUT2D eigenvalue weighted by molar-refractivity contribution is 7.96. The van der Waals surface area contributed by atoms with E-state index in [9.17, 15) is 4.79 Å². The van der Waals surface area contributed by atoms with Crippen LogP contribution in [-0.4, -0.2) is 29.8 Å². The van der Waals surface area contributed by atoms with Crippen molar-refractivity contribution in [2.24, 2.45) is 11.0 Å². The zero-order valence-electron chi connectivity index (χ0n) is 7.62. The van der Waals surface area contributed by atoms with Crippen LogP contribution in [0.3, 0.4) is 0 Å². The maximum atomic E-state index is 10.2. The van der Waals surface area contributed by atoms with Gasteiger partial charge in [-0.25, -0.2) is 9.21 Å². The Bertz CT molecular complexity index is 165. The predicted octanol–water partition coefficient (Wildman–Crippen LogP) is 0.961. The Morgan fingerprint density at radius 2 is 2.38 bits per heavy atom. The molecule has 0 rings (SSSR count). The zero-order valence-corrected chi connectivity index (χ0v) is 8.43. The van der Waals surface area contributed by atoms with Crippen molar-refractivity contribution < 1.29 is 4.79 Å². The number of carbonyl (C=O) groups excluding carboxylic acids is 1. The summed E-state index contributed by atoms with van der Waals surface area (Å²) in [5.41, 5.74) is 11.5. The van der Waals surface area contributed by atoms with E-state index >= 15 is 0 Å². The Morgan fingerprint density at radius 1 is 1.69 bits per heavy atom.